The molecule has 2 aromatic carbocycles. The van der Waals surface area contributed by atoms with E-state index in [9.17, 15) is 14.7 Å². The molecular weight excluding hydrogens is 378 g/mol. The zero-order chi connectivity index (χ0) is 20.9. The Morgan fingerprint density at radius 3 is 2.21 bits per heavy atom. The van der Waals surface area contributed by atoms with Crippen LogP contribution in [-0.4, -0.2) is 56.7 Å². The quantitative estimate of drug-likeness (QED) is 0.837. The summed E-state index contributed by atoms with van der Waals surface area (Å²) in [6.45, 7) is 0.143. The molecule has 2 aromatic rings. The van der Waals surface area contributed by atoms with Crippen LogP contribution in [-0.2, 0) is 12.1 Å². The summed E-state index contributed by atoms with van der Waals surface area (Å²) in [6.07, 6.45) is 0.364. The van der Waals surface area contributed by atoms with E-state index in [1.807, 2.05) is 0 Å². The molecule has 0 saturated heterocycles. The number of aliphatic hydroxyl groups is 1. The van der Waals surface area contributed by atoms with Crippen LogP contribution in [0.4, 0.5) is 0 Å². The summed E-state index contributed by atoms with van der Waals surface area (Å²) in [4.78, 5) is 27.9. The number of ether oxygens (including phenoxy) is 4. The number of hydrogen-bond acceptors (Lipinski definition) is 7. The van der Waals surface area contributed by atoms with Gasteiger partial charge in [-0.2, -0.15) is 0 Å². The van der Waals surface area contributed by atoms with Gasteiger partial charge in [-0.25, -0.2) is 0 Å². The molecule has 0 spiro atoms. The summed E-state index contributed by atoms with van der Waals surface area (Å²) in [5.74, 6) is 0.292. The highest BCUT2D eigenvalue weighted by Crippen LogP contribution is 2.48. The van der Waals surface area contributed by atoms with Gasteiger partial charge in [0.15, 0.2) is 23.0 Å². The first-order valence-corrected chi connectivity index (χ1v) is 9.01. The predicted molar refractivity (Wildman–Crippen MR) is 102 cm³/mol. The van der Waals surface area contributed by atoms with Gasteiger partial charge in [0, 0.05) is 17.7 Å². The Bertz CT molecular complexity index is 1030. The summed E-state index contributed by atoms with van der Waals surface area (Å²) in [6, 6.07) is 6.34. The number of hydrogen-bond donors (Lipinski definition) is 1. The van der Waals surface area contributed by atoms with E-state index < -0.39 is 17.4 Å². The minimum atomic E-state index is -2.14. The van der Waals surface area contributed by atoms with Gasteiger partial charge in [-0.15, -0.1) is 0 Å². The molecule has 1 N–H and O–H groups in total. The minimum Gasteiger partial charge on any atom is -0.493 e. The van der Waals surface area contributed by atoms with E-state index in [1.165, 1.54) is 39.4 Å². The normalized spacial score (nSPS) is 19.8. The fraction of sp³-hybridized carbons (Fsp3) is 0.333. The van der Waals surface area contributed by atoms with Crippen LogP contribution < -0.4 is 18.9 Å². The molecular formula is C21H21NO7. The van der Waals surface area contributed by atoms with Crippen molar-refractivity contribution in [2.45, 2.75) is 12.1 Å². The first-order chi connectivity index (χ1) is 13.9. The first-order valence-electron chi connectivity index (χ1n) is 9.01. The smallest absolute Gasteiger partial charge is 0.261 e. The molecule has 2 heterocycles. The van der Waals surface area contributed by atoms with Crippen molar-refractivity contribution >= 4 is 11.7 Å². The minimum absolute atomic E-state index is 0.131. The van der Waals surface area contributed by atoms with Crippen LogP contribution >= 0.6 is 0 Å². The van der Waals surface area contributed by atoms with E-state index >= 15 is 0 Å². The molecule has 152 valence electrons. The molecule has 8 nitrogen and oxygen atoms in total. The van der Waals surface area contributed by atoms with Crippen molar-refractivity contribution in [2.24, 2.45) is 0 Å². The molecule has 8 heteroatoms. The van der Waals surface area contributed by atoms with Gasteiger partial charge in [0.1, 0.15) is 0 Å². The van der Waals surface area contributed by atoms with Gasteiger partial charge in [-0.05, 0) is 36.2 Å². The van der Waals surface area contributed by atoms with Crippen molar-refractivity contribution in [3.63, 3.8) is 0 Å². The molecule has 0 saturated carbocycles. The lowest BCUT2D eigenvalue weighted by atomic mass is 9.90. The Labute approximate surface area is 167 Å². The lowest BCUT2D eigenvalue weighted by Crippen LogP contribution is -2.49. The third-order valence-corrected chi connectivity index (χ3v) is 5.55. The van der Waals surface area contributed by atoms with Gasteiger partial charge >= 0.3 is 0 Å². The Kier molecular flexibility index (Phi) is 4.38. The number of nitrogens with zero attached hydrogens (tertiary/aromatic N) is 1. The van der Waals surface area contributed by atoms with Crippen LogP contribution in [0.3, 0.4) is 0 Å². The zero-order valence-electron chi connectivity index (χ0n) is 16.6. The SMILES string of the molecule is COc1cc2c(cc1OC)C(=O)C1(O)c3ccc(OC)c(OC)c3C(=O)N1CC2. The average Bonchev–Trinajstić information content (AvgIpc) is 2.90. The van der Waals surface area contributed by atoms with E-state index in [0.717, 1.165) is 0 Å². The molecule has 0 bridgehead atoms. The number of ketones is 1. The number of rotatable bonds is 4. The van der Waals surface area contributed by atoms with Crippen molar-refractivity contribution in [3.05, 3.63) is 46.5 Å². The van der Waals surface area contributed by atoms with Crippen LogP contribution in [0.1, 0.15) is 31.8 Å². The topological polar surface area (TPSA) is 94.5 Å². The molecule has 1 unspecified atom stereocenters. The highest BCUT2D eigenvalue weighted by atomic mass is 16.5. The highest BCUT2D eigenvalue weighted by Gasteiger charge is 2.57. The molecule has 1 amide bonds. The molecule has 2 aliphatic rings. The number of amides is 1. The van der Waals surface area contributed by atoms with Crippen LogP contribution in [0.25, 0.3) is 0 Å². The second kappa shape index (κ2) is 6.66. The average molecular weight is 399 g/mol. The van der Waals surface area contributed by atoms with Gasteiger partial charge in [-0.3, -0.25) is 14.5 Å². The molecule has 4 rings (SSSR count). The van der Waals surface area contributed by atoms with Gasteiger partial charge < -0.3 is 24.1 Å². The summed E-state index contributed by atoms with van der Waals surface area (Å²) in [7, 11) is 5.84. The maximum Gasteiger partial charge on any atom is 0.261 e. The van der Waals surface area contributed by atoms with Crippen LogP contribution in [0, 0.1) is 0 Å². The van der Waals surface area contributed by atoms with Crippen LogP contribution in [0.5, 0.6) is 23.0 Å². The summed E-state index contributed by atoms with van der Waals surface area (Å²) < 4.78 is 21.3. The standard InChI is InChI=1S/C21H21NO7/c1-26-14-6-5-13-17(18(14)29-4)20(24)22-8-7-11-9-15(27-2)16(28-3)10-12(11)19(23)21(13,22)25/h5-6,9-10,25H,7-8H2,1-4H3. The van der Waals surface area contributed by atoms with E-state index in [-0.39, 0.29) is 29.0 Å². The van der Waals surface area contributed by atoms with E-state index in [0.29, 0.717) is 29.2 Å². The molecule has 2 aliphatic heterocycles. The molecule has 29 heavy (non-hydrogen) atoms. The Hall–Kier alpha value is -3.26. The molecule has 0 radical (unpaired) electrons. The molecule has 0 aliphatic carbocycles. The largest absolute Gasteiger partial charge is 0.493 e. The van der Waals surface area contributed by atoms with Crippen molar-refractivity contribution in [3.8, 4) is 23.0 Å². The third-order valence-electron chi connectivity index (χ3n) is 5.55. The number of carbonyl (C=O) groups excluding carboxylic acids is 2. The van der Waals surface area contributed by atoms with Crippen molar-refractivity contribution in [2.75, 3.05) is 35.0 Å². The Morgan fingerprint density at radius 1 is 0.931 bits per heavy atom. The molecule has 0 aromatic heterocycles. The fourth-order valence-electron chi connectivity index (χ4n) is 4.12. The fourth-order valence-corrected chi connectivity index (χ4v) is 4.12. The lowest BCUT2D eigenvalue weighted by Gasteiger charge is -2.30. The van der Waals surface area contributed by atoms with E-state index in [4.69, 9.17) is 18.9 Å². The van der Waals surface area contributed by atoms with Crippen molar-refractivity contribution in [1.82, 2.24) is 4.90 Å². The van der Waals surface area contributed by atoms with Crippen LogP contribution in [0.15, 0.2) is 24.3 Å². The van der Waals surface area contributed by atoms with Crippen LogP contribution in [0.2, 0.25) is 0 Å². The van der Waals surface area contributed by atoms with Gasteiger partial charge in [0.2, 0.25) is 11.5 Å². The summed E-state index contributed by atoms with van der Waals surface area (Å²) in [5.41, 5.74) is -0.885. The van der Waals surface area contributed by atoms with E-state index in [2.05, 4.69) is 0 Å². The summed E-state index contributed by atoms with van der Waals surface area (Å²) >= 11 is 0. The van der Waals surface area contributed by atoms with Gasteiger partial charge in [0.05, 0.1) is 34.0 Å². The number of fused-ring (bicyclic) bond motifs is 4. The third kappa shape index (κ3) is 2.42. The van der Waals surface area contributed by atoms with Gasteiger partial charge in [0.25, 0.3) is 5.91 Å². The Morgan fingerprint density at radius 2 is 1.59 bits per heavy atom. The molecule has 0 fully saturated rings. The number of Topliss-reactive ketones (excluding diaryl/α,β-unsaturated/α-hetero) is 1. The number of carbonyl (C=O) groups is 2. The summed E-state index contributed by atoms with van der Waals surface area (Å²) in [5, 5.41) is 11.6. The maximum absolute atomic E-state index is 13.6. The first kappa shape index (κ1) is 19.1. The lowest BCUT2D eigenvalue weighted by molar-refractivity contribution is -0.0537. The maximum atomic E-state index is 13.6. The monoisotopic (exact) mass is 399 g/mol. The molecule has 1 atom stereocenters. The second-order valence-electron chi connectivity index (χ2n) is 6.80. The second-order valence-corrected chi connectivity index (χ2v) is 6.80. The van der Waals surface area contributed by atoms with Gasteiger partial charge in [-0.1, -0.05) is 0 Å². The number of methoxy groups -OCH3 is 4. The number of benzene rings is 2. The predicted octanol–water partition coefficient (Wildman–Crippen LogP) is 1.76. The highest BCUT2D eigenvalue weighted by molar-refractivity contribution is 6.14. The Balaban J connectivity index is 1.95. The zero-order valence-corrected chi connectivity index (χ0v) is 16.6. The van der Waals surface area contributed by atoms with Crippen molar-refractivity contribution in [1.29, 1.82) is 0 Å². The van der Waals surface area contributed by atoms with Crippen molar-refractivity contribution < 1.29 is 33.6 Å². The van der Waals surface area contributed by atoms with E-state index in [1.54, 1.807) is 18.2 Å².